The first-order valence-electron chi connectivity index (χ1n) is 12.9. The molecular weight excluding hydrogens is 502 g/mol. The number of nitrogens with zero attached hydrogens (tertiary/aromatic N) is 3. The minimum atomic E-state index is -0.573. The van der Waals surface area contributed by atoms with Gasteiger partial charge in [-0.05, 0) is 55.3 Å². The number of amides is 2. The first-order chi connectivity index (χ1) is 19.3. The molecule has 0 aliphatic carbocycles. The lowest BCUT2D eigenvalue weighted by Gasteiger charge is -2.30. The molecule has 4 aromatic rings. The number of carbonyl (C=O) groups is 2. The van der Waals surface area contributed by atoms with Gasteiger partial charge in [-0.2, -0.15) is 0 Å². The second-order valence-electron chi connectivity index (χ2n) is 9.97. The quantitative estimate of drug-likeness (QED) is 0.165. The van der Waals surface area contributed by atoms with Crippen molar-refractivity contribution >= 4 is 35.0 Å². The van der Waals surface area contributed by atoms with Gasteiger partial charge < -0.3 is 0 Å². The molecule has 0 fully saturated rings. The summed E-state index contributed by atoms with van der Waals surface area (Å²) in [4.78, 5) is 42.7. The summed E-state index contributed by atoms with van der Waals surface area (Å²) in [6, 6.07) is 30.4. The average molecular weight is 528 g/mol. The number of carbonyl (C=O) groups excluding carboxylic acids is 2. The van der Waals surface area contributed by atoms with Crippen molar-refractivity contribution in [3.8, 4) is 0 Å². The van der Waals surface area contributed by atoms with Crippen molar-refractivity contribution in [2.24, 2.45) is 0 Å². The Morgan fingerprint density at radius 2 is 1.38 bits per heavy atom. The standard InChI is InChI=1S/C33H25N3O4/c1-21-11-15-25(16-12-21)34-30(24-8-4-3-5-9-24)29-28(20-23-7-6-10-27(19-23)36(39)40)32(37)35(31(29)33(34)38)26-17-13-22(2)14-18-26/h3-20,30H,1-2H3/b28-20-. The Balaban J connectivity index is 1.60. The molecule has 2 heterocycles. The Hall–Kier alpha value is -5.30. The fourth-order valence-electron chi connectivity index (χ4n) is 5.33. The zero-order valence-corrected chi connectivity index (χ0v) is 21.9. The Morgan fingerprint density at radius 3 is 2.00 bits per heavy atom. The lowest BCUT2D eigenvalue weighted by atomic mass is 9.93. The van der Waals surface area contributed by atoms with E-state index in [1.54, 1.807) is 23.1 Å². The number of benzene rings is 4. The lowest BCUT2D eigenvalue weighted by molar-refractivity contribution is -0.384. The Labute approximate surface area is 231 Å². The van der Waals surface area contributed by atoms with E-state index in [1.807, 2.05) is 92.7 Å². The van der Waals surface area contributed by atoms with Gasteiger partial charge in [0, 0.05) is 34.7 Å². The summed E-state index contributed by atoms with van der Waals surface area (Å²) in [6.45, 7) is 3.94. The van der Waals surface area contributed by atoms with E-state index in [2.05, 4.69) is 0 Å². The molecule has 7 heteroatoms. The van der Waals surface area contributed by atoms with E-state index >= 15 is 0 Å². The molecule has 6 rings (SSSR count). The number of rotatable bonds is 5. The van der Waals surface area contributed by atoms with E-state index in [9.17, 15) is 19.7 Å². The summed E-state index contributed by atoms with van der Waals surface area (Å²) in [5.41, 5.74) is 5.86. The molecule has 1 unspecified atom stereocenters. The molecular formula is C33H25N3O4. The van der Waals surface area contributed by atoms with Crippen LogP contribution in [0.25, 0.3) is 6.08 Å². The largest absolute Gasteiger partial charge is 0.295 e. The summed E-state index contributed by atoms with van der Waals surface area (Å²) in [6.07, 6.45) is 1.65. The average Bonchev–Trinajstić information content (AvgIpc) is 3.41. The number of hydrogen-bond donors (Lipinski definition) is 0. The molecule has 1 atom stereocenters. The molecule has 0 saturated heterocycles. The summed E-state index contributed by atoms with van der Waals surface area (Å²) in [5, 5.41) is 11.5. The molecule has 0 bridgehead atoms. The highest BCUT2D eigenvalue weighted by Crippen LogP contribution is 2.50. The number of non-ortho nitro benzene ring substituents is 1. The van der Waals surface area contributed by atoms with Crippen molar-refractivity contribution in [3.05, 3.63) is 152 Å². The molecule has 2 aliphatic heterocycles. The van der Waals surface area contributed by atoms with Gasteiger partial charge in [0.25, 0.3) is 17.5 Å². The highest BCUT2D eigenvalue weighted by atomic mass is 16.6. The van der Waals surface area contributed by atoms with Gasteiger partial charge in [0.2, 0.25) is 0 Å². The van der Waals surface area contributed by atoms with Gasteiger partial charge in [0.1, 0.15) is 5.70 Å². The minimum Gasteiger partial charge on any atom is -0.295 e. The molecule has 7 nitrogen and oxygen atoms in total. The fourth-order valence-corrected chi connectivity index (χ4v) is 5.33. The second-order valence-corrected chi connectivity index (χ2v) is 9.97. The van der Waals surface area contributed by atoms with Crippen LogP contribution in [0.2, 0.25) is 0 Å². The highest BCUT2D eigenvalue weighted by molar-refractivity contribution is 6.29. The minimum absolute atomic E-state index is 0.0761. The monoisotopic (exact) mass is 527 g/mol. The molecule has 2 aliphatic rings. The van der Waals surface area contributed by atoms with E-state index in [4.69, 9.17) is 0 Å². The second kappa shape index (κ2) is 9.78. The van der Waals surface area contributed by atoms with Crippen molar-refractivity contribution in [2.75, 3.05) is 9.80 Å². The number of nitro groups is 1. The predicted molar refractivity (Wildman–Crippen MR) is 155 cm³/mol. The number of aryl methyl sites for hydroxylation is 2. The van der Waals surface area contributed by atoms with Crippen LogP contribution in [0.15, 0.2) is 120 Å². The molecule has 0 aromatic heterocycles. The van der Waals surface area contributed by atoms with Crippen LogP contribution < -0.4 is 9.80 Å². The van der Waals surface area contributed by atoms with Gasteiger partial charge in [-0.3, -0.25) is 29.5 Å². The van der Waals surface area contributed by atoms with Crippen molar-refractivity contribution < 1.29 is 14.5 Å². The molecule has 4 aromatic carbocycles. The maximum atomic E-state index is 14.4. The molecule has 2 amide bonds. The molecule has 0 radical (unpaired) electrons. The first kappa shape index (κ1) is 25.0. The molecule has 40 heavy (non-hydrogen) atoms. The van der Waals surface area contributed by atoms with Crippen molar-refractivity contribution in [2.45, 2.75) is 19.9 Å². The zero-order chi connectivity index (χ0) is 28.0. The Bertz CT molecular complexity index is 1720. The smallest absolute Gasteiger partial charge is 0.276 e. The highest BCUT2D eigenvalue weighted by Gasteiger charge is 2.52. The van der Waals surface area contributed by atoms with Crippen LogP contribution >= 0.6 is 0 Å². The van der Waals surface area contributed by atoms with E-state index in [0.29, 0.717) is 33.8 Å². The van der Waals surface area contributed by atoms with Crippen molar-refractivity contribution in [3.63, 3.8) is 0 Å². The van der Waals surface area contributed by atoms with Gasteiger partial charge in [0.15, 0.2) is 0 Å². The third-order valence-corrected chi connectivity index (χ3v) is 7.27. The number of hydrogen-bond acceptors (Lipinski definition) is 4. The van der Waals surface area contributed by atoms with Crippen molar-refractivity contribution in [1.29, 1.82) is 0 Å². The number of nitro benzene ring substituents is 1. The van der Waals surface area contributed by atoms with Crippen LogP contribution in [-0.2, 0) is 9.59 Å². The number of anilines is 2. The summed E-state index contributed by atoms with van der Waals surface area (Å²) < 4.78 is 0. The van der Waals surface area contributed by atoms with Gasteiger partial charge in [-0.25, -0.2) is 0 Å². The topological polar surface area (TPSA) is 83.8 Å². The van der Waals surface area contributed by atoms with Crippen LogP contribution in [0, 0.1) is 24.0 Å². The maximum Gasteiger partial charge on any atom is 0.276 e. The zero-order valence-electron chi connectivity index (χ0n) is 21.9. The van der Waals surface area contributed by atoms with Gasteiger partial charge >= 0.3 is 0 Å². The van der Waals surface area contributed by atoms with Crippen LogP contribution in [0.5, 0.6) is 0 Å². The lowest BCUT2D eigenvalue weighted by Crippen LogP contribution is -2.38. The van der Waals surface area contributed by atoms with Gasteiger partial charge in [-0.15, -0.1) is 0 Å². The fraction of sp³-hybridized carbons (Fsp3) is 0.0909. The normalized spacial score (nSPS) is 17.6. The van der Waals surface area contributed by atoms with E-state index in [-0.39, 0.29) is 17.5 Å². The molecule has 0 saturated carbocycles. The third kappa shape index (κ3) is 4.18. The van der Waals surface area contributed by atoms with Crippen LogP contribution in [0.3, 0.4) is 0 Å². The summed E-state index contributed by atoms with van der Waals surface area (Å²) >= 11 is 0. The molecule has 0 spiro atoms. The van der Waals surface area contributed by atoms with Crippen LogP contribution in [0.1, 0.15) is 28.3 Å². The Morgan fingerprint density at radius 1 is 0.750 bits per heavy atom. The van der Waals surface area contributed by atoms with Crippen LogP contribution in [0.4, 0.5) is 17.1 Å². The first-order valence-corrected chi connectivity index (χ1v) is 12.9. The summed E-state index contributed by atoms with van der Waals surface area (Å²) in [7, 11) is 0. The van der Waals surface area contributed by atoms with E-state index < -0.39 is 11.0 Å². The Kier molecular flexibility index (Phi) is 6.11. The van der Waals surface area contributed by atoms with Gasteiger partial charge in [-0.1, -0.05) is 77.9 Å². The van der Waals surface area contributed by atoms with Crippen molar-refractivity contribution in [1.82, 2.24) is 0 Å². The van der Waals surface area contributed by atoms with E-state index in [0.717, 1.165) is 16.7 Å². The molecule has 196 valence electrons. The SMILES string of the molecule is Cc1ccc(N2C(=O)/C(=C\c3cccc([N+](=O)[O-])c3)C3=C2C(=O)N(c2ccc(C)cc2)C3c2ccccc2)cc1. The summed E-state index contributed by atoms with van der Waals surface area (Å²) in [5.74, 6) is -0.637. The maximum absolute atomic E-state index is 14.4. The van der Waals surface area contributed by atoms with Crippen LogP contribution in [-0.4, -0.2) is 16.7 Å². The van der Waals surface area contributed by atoms with Gasteiger partial charge in [0.05, 0.1) is 11.0 Å². The predicted octanol–water partition coefficient (Wildman–Crippen LogP) is 6.68. The van der Waals surface area contributed by atoms with E-state index in [1.165, 1.54) is 17.0 Å². The molecule has 0 N–H and O–H groups in total. The third-order valence-electron chi connectivity index (χ3n) is 7.27.